The number of hydrogen-bond acceptors (Lipinski definition) is 2. The molecule has 0 aliphatic carbocycles. The fourth-order valence-electron chi connectivity index (χ4n) is 1.87. The lowest BCUT2D eigenvalue weighted by Gasteiger charge is -2.23. The monoisotopic (exact) mass is 211 g/mol. The van der Waals surface area contributed by atoms with Gasteiger partial charge >= 0.3 is 0 Å². The van der Waals surface area contributed by atoms with Crippen molar-refractivity contribution in [3.8, 4) is 0 Å². The minimum absolute atomic E-state index is 0.0710. The Morgan fingerprint density at radius 2 is 2.00 bits per heavy atom. The molecule has 1 saturated heterocycles. The number of nitrogens with zero attached hydrogens (tertiary/aromatic N) is 1. The maximum absolute atomic E-state index is 11.8. The Morgan fingerprint density at radius 1 is 1.27 bits per heavy atom. The van der Waals surface area contributed by atoms with Crippen LogP contribution in [0.1, 0.15) is 46.5 Å². The number of guanidine groups is 1. The van der Waals surface area contributed by atoms with E-state index in [1.165, 1.54) is 0 Å². The van der Waals surface area contributed by atoms with Crippen molar-refractivity contribution in [3.05, 3.63) is 0 Å². The van der Waals surface area contributed by atoms with Crippen LogP contribution in [-0.2, 0) is 4.79 Å². The zero-order valence-electron chi connectivity index (χ0n) is 9.89. The summed E-state index contributed by atoms with van der Waals surface area (Å²) in [4.78, 5) is 16.1. The molecule has 0 aromatic heterocycles. The Kier molecular flexibility index (Phi) is 4.12. The summed E-state index contributed by atoms with van der Waals surface area (Å²) < 4.78 is 0. The Balaban J connectivity index is 2.72. The van der Waals surface area contributed by atoms with Gasteiger partial charge in [0.2, 0.25) is 0 Å². The molecule has 1 atom stereocenters. The van der Waals surface area contributed by atoms with Crippen LogP contribution >= 0.6 is 0 Å². The molecule has 1 amide bonds. The summed E-state index contributed by atoms with van der Waals surface area (Å²) in [5.41, 5.74) is -0.415. The van der Waals surface area contributed by atoms with E-state index in [1.807, 2.05) is 6.92 Å². The molecule has 86 valence electrons. The van der Waals surface area contributed by atoms with Crippen molar-refractivity contribution in [2.75, 3.05) is 6.54 Å². The second-order valence-corrected chi connectivity index (χ2v) is 4.00. The zero-order chi connectivity index (χ0) is 11.3. The van der Waals surface area contributed by atoms with Gasteiger partial charge in [-0.25, -0.2) is 0 Å². The van der Waals surface area contributed by atoms with E-state index in [9.17, 15) is 4.79 Å². The molecule has 0 radical (unpaired) electrons. The first-order valence-electron chi connectivity index (χ1n) is 5.82. The van der Waals surface area contributed by atoms with Gasteiger partial charge in [0.15, 0.2) is 5.96 Å². The van der Waals surface area contributed by atoms with E-state index in [-0.39, 0.29) is 5.91 Å². The van der Waals surface area contributed by atoms with E-state index in [4.69, 9.17) is 0 Å². The van der Waals surface area contributed by atoms with E-state index in [1.54, 1.807) is 0 Å². The number of carbonyl (C=O) groups is 1. The molecular weight excluding hydrogens is 190 g/mol. The van der Waals surface area contributed by atoms with Crippen molar-refractivity contribution in [2.45, 2.75) is 52.0 Å². The van der Waals surface area contributed by atoms with Crippen LogP contribution in [0.5, 0.6) is 0 Å². The normalized spacial score (nSPS) is 27.9. The first-order valence-corrected chi connectivity index (χ1v) is 5.82. The van der Waals surface area contributed by atoms with Crippen LogP contribution in [0.15, 0.2) is 4.99 Å². The fourth-order valence-corrected chi connectivity index (χ4v) is 1.87. The molecule has 0 spiro atoms. The quantitative estimate of drug-likeness (QED) is 0.722. The molecule has 0 bridgehead atoms. The lowest BCUT2D eigenvalue weighted by Crippen LogP contribution is -2.46. The van der Waals surface area contributed by atoms with Gasteiger partial charge in [0.05, 0.1) is 0 Å². The highest BCUT2D eigenvalue weighted by molar-refractivity contribution is 6.08. The summed E-state index contributed by atoms with van der Waals surface area (Å²) in [6.07, 6.45) is 3.65. The van der Waals surface area contributed by atoms with Crippen LogP contribution < -0.4 is 10.6 Å². The van der Waals surface area contributed by atoms with E-state index >= 15 is 0 Å². The molecule has 1 unspecified atom stereocenters. The highest BCUT2D eigenvalue weighted by Gasteiger charge is 2.42. The number of rotatable bonds is 5. The van der Waals surface area contributed by atoms with Crippen LogP contribution in [0, 0.1) is 0 Å². The molecule has 1 heterocycles. The molecule has 4 nitrogen and oxygen atoms in total. The van der Waals surface area contributed by atoms with E-state index in [0.29, 0.717) is 5.96 Å². The van der Waals surface area contributed by atoms with Gasteiger partial charge in [0.25, 0.3) is 5.91 Å². The molecule has 15 heavy (non-hydrogen) atoms. The summed E-state index contributed by atoms with van der Waals surface area (Å²) in [6.45, 7) is 6.95. The van der Waals surface area contributed by atoms with E-state index < -0.39 is 5.54 Å². The van der Waals surface area contributed by atoms with Gasteiger partial charge in [0.1, 0.15) is 5.54 Å². The Bertz CT molecular complexity index is 263. The highest BCUT2D eigenvalue weighted by atomic mass is 16.2. The van der Waals surface area contributed by atoms with Gasteiger partial charge in [-0.2, -0.15) is 0 Å². The Labute approximate surface area is 91.5 Å². The minimum atomic E-state index is -0.415. The smallest absolute Gasteiger partial charge is 0.252 e. The Hall–Kier alpha value is -1.06. The third-order valence-corrected chi connectivity index (χ3v) is 2.80. The zero-order valence-corrected chi connectivity index (χ0v) is 9.89. The summed E-state index contributed by atoms with van der Waals surface area (Å²) >= 11 is 0. The van der Waals surface area contributed by atoms with E-state index in [2.05, 4.69) is 29.5 Å². The number of amides is 1. The van der Waals surface area contributed by atoms with Crippen LogP contribution in [0.2, 0.25) is 0 Å². The summed E-state index contributed by atoms with van der Waals surface area (Å²) in [5, 5.41) is 6.04. The topological polar surface area (TPSA) is 53.5 Å². The van der Waals surface area contributed by atoms with Gasteiger partial charge in [-0.05, 0) is 19.3 Å². The van der Waals surface area contributed by atoms with Gasteiger partial charge in [-0.1, -0.05) is 27.2 Å². The van der Waals surface area contributed by atoms with Crippen molar-refractivity contribution in [2.24, 2.45) is 4.99 Å². The molecule has 1 fully saturated rings. The highest BCUT2D eigenvalue weighted by Crippen LogP contribution is 2.21. The average molecular weight is 211 g/mol. The number of carbonyl (C=O) groups excluding carboxylic acids is 1. The second-order valence-electron chi connectivity index (χ2n) is 4.00. The molecule has 0 aromatic rings. The summed E-state index contributed by atoms with van der Waals surface area (Å²) in [6, 6.07) is 0. The predicted molar refractivity (Wildman–Crippen MR) is 61.8 cm³/mol. The molecule has 1 rings (SSSR count). The van der Waals surface area contributed by atoms with Crippen LogP contribution in [-0.4, -0.2) is 24.0 Å². The molecular formula is C11H21N3O. The van der Waals surface area contributed by atoms with Crippen molar-refractivity contribution in [1.82, 2.24) is 10.6 Å². The molecule has 2 N–H and O–H groups in total. The lowest BCUT2D eigenvalue weighted by atomic mass is 9.91. The number of aliphatic imine (C=N–C) groups is 1. The molecule has 1 aliphatic rings. The predicted octanol–water partition coefficient (Wildman–Crippen LogP) is 1.42. The van der Waals surface area contributed by atoms with Crippen LogP contribution in [0.4, 0.5) is 0 Å². The molecule has 0 aromatic carbocycles. The maximum atomic E-state index is 11.8. The second kappa shape index (κ2) is 5.14. The summed E-state index contributed by atoms with van der Waals surface area (Å²) in [5.74, 6) is 0.721. The third kappa shape index (κ3) is 2.49. The first-order chi connectivity index (χ1) is 7.18. The van der Waals surface area contributed by atoms with Crippen molar-refractivity contribution < 1.29 is 4.79 Å². The van der Waals surface area contributed by atoms with Gasteiger partial charge in [0, 0.05) is 6.54 Å². The van der Waals surface area contributed by atoms with Crippen LogP contribution in [0.3, 0.4) is 0 Å². The van der Waals surface area contributed by atoms with Gasteiger partial charge in [-0.3, -0.25) is 15.1 Å². The fraction of sp³-hybridized carbons (Fsp3) is 0.818. The van der Waals surface area contributed by atoms with Gasteiger partial charge < -0.3 is 5.32 Å². The van der Waals surface area contributed by atoms with Crippen molar-refractivity contribution in [3.63, 3.8) is 0 Å². The number of nitrogens with one attached hydrogen (secondary N) is 2. The lowest BCUT2D eigenvalue weighted by molar-refractivity contribution is -0.124. The first kappa shape index (κ1) is 12.0. The largest absolute Gasteiger partial charge is 0.342 e. The third-order valence-electron chi connectivity index (χ3n) is 2.80. The molecule has 4 heteroatoms. The van der Waals surface area contributed by atoms with Crippen molar-refractivity contribution >= 4 is 11.9 Å². The SMILES string of the molecule is CCCN=C1NC(=O)C(CC)(CCC)N1. The Morgan fingerprint density at radius 3 is 2.53 bits per heavy atom. The molecule has 1 aliphatic heterocycles. The average Bonchev–Trinajstić information content (AvgIpc) is 2.54. The maximum Gasteiger partial charge on any atom is 0.252 e. The molecule has 0 saturated carbocycles. The van der Waals surface area contributed by atoms with E-state index in [0.717, 1.165) is 32.2 Å². The van der Waals surface area contributed by atoms with Gasteiger partial charge in [-0.15, -0.1) is 0 Å². The van der Waals surface area contributed by atoms with Crippen LogP contribution in [0.25, 0.3) is 0 Å². The summed E-state index contributed by atoms with van der Waals surface area (Å²) in [7, 11) is 0. The number of hydrogen-bond donors (Lipinski definition) is 2. The minimum Gasteiger partial charge on any atom is -0.342 e. The van der Waals surface area contributed by atoms with Crippen molar-refractivity contribution in [1.29, 1.82) is 0 Å². The standard InChI is InChI=1S/C11H21N3O/c1-4-7-11(6-3)9(15)13-10(14-11)12-8-5-2/h4-8H2,1-3H3,(H2,12,13,14,15).